The van der Waals surface area contributed by atoms with Crippen LogP contribution in [0.4, 0.5) is 17.6 Å². The van der Waals surface area contributed by atoms with Gasteiger partial charge in [-0.1, -0.05) is 180 Å². The molecule has 0 saturated carbocycles. The second-order valence-electron chi connectivity index (χ2n) is 16.6. The van der Waals surface area contributed by atoms with E-state index in [0.29, 0.717) is 50.0 Å². The van der Waals surface area contributed by atoms with Gasteiger partial charge in [0.15, 0.2) is 23.1 Å². The zero-order valence-electron chi connectivity index (χ0n) is 37.1. The molecule has 0 aliphatic heterocycles. The molecule has 2 nitrogen and oxygen atoms in total. The predicted octanol–water partition coefficient (Wildman–Crippen LogP) is 16.4. The van der Waals surface area contributed by atoms with Crippen molar-refractivity contribution in [3.05, 3.63) is 191 Å². The first-order valence-electron chi connectivity index (χ1n) is 23.0. The lowest BCUT2D eigenvalue weighted by Crippen LogP contribution is -2.03. The fraction of sp³-hybridized carbons (Fsp3) is 0.276. The number of unbranched alkanes of at least 4 members (excludes halogenated alkanes) is 6. The lowest BCUT2D eigenvalue weighted by Gasteiger charge is -2.11. The molecular formula is C58H58F4O2. The van der Waals surface area contributed by atoms with Crippen molar-refractivity contribution in [2.24, 2.45) is 0 Å². The molecule has 0 aliphatic carbocycles. The molecule has 0 radical (unpaired) electrons. The second kappa shape index (κ2) is 23.0. The molecule has 0 unspecified atom stereocenters. The van der Waals surface area contributed by atoms with Gasteiger partial charge in [-0.25, -0.2) is 8.78 Å². The maximum Gasteiger partial charge on any atom is 0.200 e. The first-order valence-corrected chi connectivity index (χ1v) is 23.0. The summed E-state index contributed by atoms with van der Waals surface area (Å²) in [6.45, 7) is 5.04. The highest BCUT2D eigenvalue weighted by atomic mass is 19.2. The van der Waals surface area contributed by atoms with Crippen molar-refractivity contribution in [1.29, 1.82) is 0 Å². The Labute approximate surface area is 377 Å². The van der Waals surface area contributed by atoms with Crippen LogP contribution in [-0.2, 0) is 25.7 Å². The van der Waals surface area contributed by atoms with Gasteiger partial charge in [0, 0.05) is 0 Å². The summed E-state index contributed by atoms with van der Waals surface area (Å²) in [5.41, 5.74) is 11.7. The third-order valence-corrected chi connectivity index (χ3v) is 12.0. The van der Waals surface area contributed by atoms with E-state index in [1.165, 1.54) is 0 Å². The fourth-order valence-electron chi connectivity index (χ4n) is 8.05. The average Bonchev–Trinajstić information content (AvgIpc) is 3.34. The molecule has 7 aromatic rings. The molecule has 64 heavy (non-hydrogen) atoms. The van der Waals surface area contributed by atoms with E-state index in [-0.39, 0.29) is 11.5 Å². The third-order valence-electron chi connectivity index (χ3n) is 12.0. The van der Waals surface area contributed by atoms with Gasteiger partial charge in [-0.3, -0.25) is 0 Å². The fourth-order valence-corrected chi connectivity index (χ4v) is 8.05. The molecule has 0 aromatic heterocycles. The molecule has 0 spiro atoms. The van der Waals surface area contributed by atoms with Crippen molar-refractivity contribution in [2.45, 2.75) is 90.9 Å². The topological polar surface area (TPSA) is 18.5 Å². The van der Waals surface area contributed by atoms with E-state index < -0.39 is 23.3 Å². The molecule has 0 saturated heterocycles. The summed E-state index contributed by atoms with van der Waals surface area (Å²) in [6, 6.07) is 48.5. The highest BCUT2D eigenvalue weighted by Crippen LogP contribution is 2.32. The van der Waals surface area contributed by atoms with Crippen molar-refractivity contribution >= 4 is 0 Å². The van der Waals surface area contributed by atoms with Crippen molar-refractivity contribution < 1.29 is 27.0 Å². The van der Waals surface area contributed by atoms with Crippen molar-refractivity contribution in [3.63, 3.8) is 0 Å². The van der Waals surface area contributed by atoms with Crippen LogP contribution in [0.15, 0.2) is 146 Å². The summed E-state index contributed by atoms with van der Waals surface area (Å²) in [5, 5.41) is 0. The maximum atomic E-state index is 14.9. The van der Waals surface area contributed by atoms with Crippen LogP contribution >= 0.6 is 0 Å². The zero-order valence-corrected chi connectivity index (χ0v) is 37.1. The minimum Gasteiger partial charge on any atom is -0.490 e. The third kappa shape index (κ3) is 12.1. The lowest BCUT2D eigenvalue weighted by atomic mass is 9.95. The molecule has 330 valence electrons. The molecule has 0 bridgehead atoms. The molecule has 0 heterocycles. The molecule has 0 aliphatic rings. The number of hydrogen-bond acceptors (Lipinski definition) is 2. The van der Waals surface area contributed by atoms with E-state index >= 15 is 0 Å². The zero-order chi connectivity index (χ0) is 44.7. The molecular weight excluding hydrogens is 805 g/mol. The summed E-state index contributed by atoms with van der Waals surface area (Å²) in [4.78, 5) is 0. The van der Waals surface area contributed by atoms with E-state index in [1.54, 1.807) is 24.3 Å². The van der Waals surface area contributed by atoms with Crippen LogP contribution in [0.3, 0.4) is 0 Å². The summed E-state index contributed by atoms with van der Waals surface area (Å²) in [6.07, 6.45) is 10.1. The first-order chi connectivity index (χ1) is 31.3. The van der Waals surface area contributed by atoms with Gasteiger partial charge < -0.3 is 9.47 Å². The Bertz CT molecular complexity index is 2370. The van der Waals surface area contributed by atoms with Gasteiger partial charge in [-0.15, -0.1) is 0 Å². The van der Waals surface area contributed by atoms with E-state index in [4.69, 9.17) is 9.47 Å². The number of benzene rings is 7. The number of rotatable bonds is 22. The summed E-state index contributed by atoms with van der Waals surface area (Å²) in [7, 11) is 0. The van der Waals surface area contributed by atoms with Crippen LogP contribution in [0.1, 0.15) is 87.5 Å². The van der Waals surface area contributed by atoms with Gasteiger partial charge in [-0.2, -0.15) is 8.78 Å². The maximum absolute atomic E-state index is 14.9. The Morgan fingerprint density at radius 3 is 1.03 bits per heavy atom. The van der Waals surface area contributed by atoms with Gasteiger partial charge in [0.05, 0.1) is 13.2 Å². The van der Waals surface area contributed by atoms with Crippen LogP contribution < -0.4 is 9.47 Å². The van der Waals surface area contributed by atoms with Gasteiger partial charge >= 0.3 is 0 Å². The summed E-state index contributed by atoms with van der Waals surface area (Å²) in [5.74, 6) is -3.48. The lowest BCUT2D eigenvalue weighted by molar-refractivity contribution is 0.284. The van der Waals surface area contributed by atoms with Gasteiger partial charge in [0.25, 0.3) is 0 Å². The standard InChI is InChI=1S/C58H58F4O2/c1-3-5-7-9-38-63-53-36-34-49(55(59)57(53)61)24-18-41-14-20-43(21-15-41)45-26-30-47(31-27-45)51-12-11-13-52(40-51)48-32-28-46(29-33-48)44-22-16-42(17-23-44)19-25-50-35-37-54(58(62)56(50)60)64-39-10-8-6-4-2/h11-17,20-23,26-37,40H,3-10,18-19,24-25,38-39H2,1-2H3. The van der Waals surface area contributed by atoms with Crippen molar-refractivity contribution in [1.82, 2.24) is 0 Å². The summed E-state index contributed by atoms with van der Waals surface area (Å²) < 4.78 is 70.2. The van der Waals surface area contributed by atoms with E-state index in [9.17, 15) is 17.6 Å². The summed E-state index contributed by atoms with van der Waals surface area (Å²) >= 11 is 0. The largest absolute Gasteiger partial charge is 0.490 e. The average molecular weight is 863 g/mol. The quantitative estimate of drug-likeness (QED) is 0.0499. The van der Waals surface area contributed by atoms with Crippen molar-refractivity contribution in [3.8, 4) is 56.0 Å². The highest BCUT2D eigenvalue weighted by molar-refractivity contribution is 5.76. The van der Waals surface area contributed by atoms with Gasteiger partial charge in [-0.05, 0) is 123 Å². The predicted molar refractivity (Wildman–Crippen MR) is 255 cm³/mol. The Kier molecular flexibility index (Phi) is 16.5. The van der Waals surface area contributed by atoms with Gasteiger partial charge in [0.2, 0.25) is 11.6 Å². The molecule has 7 rings (SSSR count). The second-order valence-corrected chi connectivity index (χ2v) is 16.6. The monoisotopic (exact) mass is 862 g/mol. The van der Waals surface area contributed by atoms with Crippen LogP contribution in [-0.4, -0.2) is 13.2 Å². The SMILES string of the molecule is CCCCCCOc1ccc(CCc2ccc(-c3ccc(-c4cccc(-c5ccc(-c6ccc(CCc7ccc(OCCCCCC)c(F)c7F)cc6)cc5)c4)cc3)cc2)c(F)c1F. The Morgan fingerprint density at radius 1 is 0.328 bits per heavy atom. The number of halogens is 4. The first kappa shape index (κ1) is 45.9. The Hall–Kier alpha value is -6.14. The van der Waals surface area contributed by atoms with Crippen molar-refractivity contribution in [2.75, 3.05) is 13.2 Å². The molecule has 0 atom stereocenters. The van der Waals surface area contributed by atoms with E-state index in [2.05, 4.69) is 135 Å². The van der Waals surface area contributed by atoms with Crippen LogP contribution in [0.2, 0.25) is 0 Å². The molecule has 6 heteroatoms. The molecule has 0 fully saturated rings. The minimum atomic E-state index is -0.904. The highest BCUT2D eigenvalue weighted by Gasteiger charge is 2.16. The smallest absolute Gasteiger partial charge is 0.200 e. The number of aryl methyl sites for hydroxylation is 4. The Morgan fingerprint density at radius 2 is 0.672 bits per heavy atom. The van der Waals surface area contributed by atoms with Crippen LogP contribution in [0.5, 0.6) is 11.5 Å². The normalized spacial score (nSPS) is 11.2. The van der Waals surface area contributed by atoms with Crippen LogP contribution in [0.25, 0.3) is 44.5 Å². The Balaban J connectivity index is 0.906. The number of ether oxygens (including phenoxy) is 2. The molecule has 0 amide bonds. The van der Waals surface area contributed by atoms with Gasteiger partial charge in [0.1, 0.15) is 0 Å². The number of hydrogen-bond donors (Lipinski definition) is 0. The molecule has 7 aromatic carbocycles. The van der Waals surface area contributed by atoms with E-state index in [0.717, 1.165) is 107 Å². The van der Waals surface area contributed by atoms with Crippen LogP contribution in [0, 0.1) is 23.3 Å². The minimum absolute atomic E-state index is 0.0150. The molecule has 0 N–H and O–H groups in total. The van der Waals surface area contributed by atoms with E-state index in [1.807, 2.05) is 0 Å².